The molecular weight excluding hydrogens is 250 g/mol. The van der Waals surface area contributed by atoms with Gasteiger partial charge in [-0.05, 0) is 36.1 Å². The molecule has 2 N–H and O–H groups in total. The summed E-state index contributed by atoms with van der Waals surface area (Å²) in [5.41, 5.74) is 10.8. The third-order valence-corrected chi connectivity index (χ3v) is 3.42. The Bertz CT molecular complexity index is 609. The van der Waals surface area contributed by atoms with E-state index < -0.39 is 0 Å². The molecule has 0 aliphatic carbocycles. The largest absolute Gasteiger partial charge is 0.496 e. The van der Waals surface area contributed by atoms with Gasteiger partial charge in [-0.3, -0.25) is 9.97 Å². The van der Waals surface area contributed by atoms with Gasteiger partial charge in [0.05, 0.1) is 18.5 Å². The first-order valence-electron chi connectivity index (χ1n) is 6.77. The quantitative estimate of drug-likeness (QED) is 0.928. The Morgan fingerprint density at radius 1 is 1.20 bits per heavy atom. The van der Waals surface area contributed by atoms with E-state index in [0.717, 1.165) is 28.3 Å². The maximum atomic E-state index is 5.76. The van der Waals surface area contributed by atoms with Gasteiger partial charge in [-0.2, -0.15) is 0 Å². The van der Waals surface area contributed by atoms with Crippen LogP contribution in [0.2, 0.25) is 0 Å². The van der Waals surface area contributed by atoms with Crippen LogP contribution < -0.4 is 10.5 Å². The van der Waals surface area contributed by atoms with Crippen LogP contribution >= 0.6 is 0 Å². The molecule has 0 atom stereocenters. The smallest absolute Gasteiger partial charge is 0.122 e. The first-order chi connectivity index (χ1) is 9.58. The summed E-state index contributed by atoms with van der Waals surface area (Å²) < 4.78 is 5.47. The number of methoxy groups -OCH3 is 1. The molecule has 2 aromatic rings. The zero-order valence-electron chi connectivity index (χ0n) is 12.5. The standard InChI is InChI=1S/C16H21N3O/c1-10(2)12-8-13(11(3)7-15(12)20-4)16-14(9-17)18-5-6-19-16/h5-8,10H,9,17H2,1-4H3. The number of hydrogen-bond donors (Lipinski definition) is 1. The Morgan fingerprint density at radius 2 is 1.90 bits per heavy atom. The van der Waals surface area contributed by atoms with E-state index >= 15 is 0 Å². The molecular formula is C16H21N3O. The van der Waals surface area contributed by atoms with Gasteiger partial charge < -0.3 is 10.5 Å². The molecule has 0 aliphatic rings. The first kappa shape index (κ1) is 14.5. The highest BCUT2D eigenvalue weighted by molar-refractivity contribution is 5.68. The second kappa shape index (κ2) is 6.01. The minimum absolute atomic E-state index is 0.377. The van der Waals surface area contributed by atoms with Crippen molar-refractivity contribution in [2.75, 3.05) is 7.11 Å². The van der Waals surface area contributed by atoms with E-state index in [4.69, 9.17) is 10.5 Å². The number of hydrogen-bond acceptors (Lipinski definition) is 4. The predicted octanol–water partition coefficient (Wildman–Crippen LogP) is 3.04. The molecule has 0 bridgehead atoms. The maximum Gasteiger partial charge on any atom is 0.122 e. The number of rotatable bonds is 4. The predicted molar refractivity (Wildman–Crippen MR) is 80.7 cm³/mol. The molecule has 0 unspecified atom stereocenters. The van der Waals surface area contributed by atoms with Crippen LogP contribution in [0.4, 0.5) is 0 Å². The van der Waals surface area contributed by atoms with E-state index in [1.54, 1.807) is 19.5 Å². The van der Waals surface area contributed by atoms with Crippen molar-refractivity contribution in [2.45, 2.75) is 33.2 Å². The van der Waals surface area contributed by atoms with Crippen LogP contribution in [0.1, 0.15) is 36.6 Å². The summed E-state index contributed by atoms with van der Waals surface area (Å²) in [6.07, 6.45) is 3.38. The fourth-order valence-electron chi connectivity index (χ4n) is 2.32. The summed E-state index contributed by atoms with van der Waals surface area (Å²) in [5.74, 6) is 1.29. The van der Waals surface area contributed by atoms with Gasteiger partial charge in [-0.15, -0.1) is 0 Å². The highest BCUT2D eigenvalue weighted by Crippen LogP contribution is 2.34. The summed E-state index contributed by atoms with van der Waals surface area (Å²) in [6.45, 7) is 6.73. The highest BCUT2D eigenvalue weighted by Gasteiger charge is 2.15. The number of nitrogens with two attached hydrogens (primary N) is 1. The topological polar surface area (TPSA) is 61.0 Å². The fourth-order valence-corrected chi connectivity index (χ4v) is 2.32. The van der Waals surface area contributed by atoms with Gasteiger partial charge in [0.15, 0.2) is 0 Å². The highest BCUT2D eigenvalue weighted by atomic mass is 16.5. The van der Waals surface area contributed by atoms with E-state index in [-0.39, 0.29) is 0 Å². The molecule has 1 aromatic heterocycles. The third kappa shape index (κ3) is 2.65. The van der Waals surface area contributed by atoms with E-state index in [1.165, 1.54) is 5.56 Å². The summed E-state index contributed by atoms with van der Waals surface area (Å²) in [5, 5.41) is 0. The van der Waals surface area contributed by atoms with Crippen molar-refractivity contribution >= 4 is 0 Å². The molecule has 1 aromatic carbocycles. The minimum atomic E-state index is 0.377. The number of aromatic nitrogens is 2. The number of benzene rings is 1. The van der Waals surface area contributed by atoms with Crippen molar-refractivity contribution in [1.29, 1.82) is 0 Å². The Hall–Kier alpha value is -1.94. The van der Waals surface area contributed by atoms with Crippen molar-refractivity contribution in [3.8, 4) is 17.0 Å². The lowest BCUT2D eigenvalue weighted by molar-refractivity contribution is 0.407. The molecule has 20 heavy (non-hydrogen) atoms. The van der Waals surface area contributed by atoms with Gasteiger partial charge >= 0.3 is 0 Å². The van der Waals surface area contributed by atoms with Crippen LogP contribution in [0.15, 0.2) is 24.5 Å². The van der Waals surface area contributed by atoms with Gasteiger partial charge in [-0.25, -0.2) is 0 Å². The average Bonchev–Trinajstić information content (AvgIpc) is 2.46. The Balaban J connectivity index is 2.65. The van der Waals surface area contributed by atoms with Gasteiger partial charge in [-0.1, -0.05) is 13.8 Å². The summed E-state index contributed by atoms with van der Waals surface area (Å²) >= 11 is 0. The Labute approximate surface area is 120 Å². The molecule has 0 aliphatic heterocycles. The number of ether oxygens (including phenoxy) is 1. The molecule has 0 saturated carbocycles. The SMILES string of the molecule is COc1cc(C)c(-c2nccnc2CN)cc1C(C)C. The molecule has 1 heterocycles. The molecule has 0 spiro atoms. The molecule has 4 heteroatoms. The van der Waals surface area contributed by atoms with Crippen LogP contribution in [0.3, 0.4) is 0 Å². The Kier molecular flexibility index (Phi) is 4.35. The lowest BCUT2D eigenvalue weighted by atomic mass is 9.94. The van der Waals surface area contributed by atoms with E-state index in [1.807, 2.05) is 0 Å². The summed E-state index contributed by atoms with van der Waals surface area (Å²) in [4.78, 5) is 8.77. The maximum absolute atomic E-state index is 5.76. The van der Waals surface area contributed by atoms with Crippen molar-refractivity contribution in [3.05, 3.63) is 41.3 Å². The normalized spacial score (nSPS) is 10.9. The van der Waals surface area contributed by atoms with Crippen LogP contribution in [0, 0.1) is 6.92 Å². The summed E-state index contributed by atoms with van der Waals surface area (Å²) in [7, 11) is 1.70. The molecule has 106 valence electrons. The number of aryl methyl sites for hydroxylation is 1. The van der Waals surface area contributed by atoms with Gasteiger partial charge in [0, 0.05) is 24.5 Å². The summed E-state index contributed by atoms with van der Waals surface area (Å²) in [6, 6.07) is 4.20. The zero-order valence-corrected chi connectivity index (χ0v) is 12.5. The van der Waals surface area contributed by atoms with E-state index in [2.05, 4.69) is 42.9 Å². The lowest BCUT2D eigenvalue weighted by Gasteiger charge is -2.16. The molecule has 0 radical (unpaired) electrons. The van der Waals surface area contributed by atoms with Crippen molar-refractivity contribution in [3.63, 3.8) is 0 Å². The van der Waals surface area contributed by atoms with Crippen molar-refractivity contribution in [2.24, 2.45) is 5.73 Å². The van der Waals surface area contributed by atoms with Crippen molar-refractivity contribution < 1.29 is 4.74 Å². The molecule has 0 fully saturated rings. The molecule has 0 saturated heterocycles. The van der Waals surface area contributed by atoms with Gasteiger partial charge in [0.25, 0.3) is 0 Å². The van der Waals surface area contributed by atoms with Gasteiger partial charge in [0.2, 0.25) is 0 Å². The molecule has 2 rings (SSSR count). The van der Waals surface area contributed by atoms with Crippen LogP contribution in [-0.4, -0.2) is 17.1 Å². The fraction of sp³-hybridized carbons (Fsp3) is 0.375. The number of nitrogens with zero attached hydrogens (tertiary/aromatic N) is 2. The molecule has 0 amide bonds. The van der Waals surface area contributed by atoms with E-state index in [9.17, 15) is 0 Å². The minimum Gasteiger partial charge on any atom is -0.496 e. The van der Waals surface area contributed by atoms with Crippen LogP contribution in [0.5, 0.6) is 5.75 Å². The average molecular weight is 271 g/mol. The van der Waals surface area contributed by atoms with Crippen molar-refractivity contribution in [1.82, 2.24) is 9.97 Å². The third-order valence-electron chi connectivity index (χ3n) is 3.42. The molecule has 4 nitrogen and oxygen atoms in total. The van der Waals surface area contributed by atoms with Crippen LogP contribution in [0.25, 0.3) is 11.3 Å². The van der Waals surface area contributed by atoms with E-state index in [0.29, 0.717) is 12.5 Å². The second-order valence-corrected chi connectivity index (χ2v) is 5.12. The second-order valence-electron chi connectivity index (χ2n) is 5.12. The monoisotopic (exact) mass is 271 g/mol. The Morgan fingerprint density at radius 3 is 2.50 bits per heavy atom. The zero-order chi connectivity index (χ0) is 14.7. The van der Waals surface area contributed by atoms with Gasteiger partial charge in [0.1, 0.15) is 5.75 Å². The van der Waals surface area contributed by atoms with Crippen LogP contribution in [-0.2, 0) is 6.54 Å². The first-order valence-corrected chi connectivity index (χ1v) is 6.77. The lowest BCUT2D eigenvalue weighted by Crippen LogP contribution is -2.05.